The minimum atomic E-state index is 0.654. The highest BCUT2D eigenvalue weighted by Gasteiger charge is 2.21. The van der Waals surface area contributed by atoms with E-state index >= 15 is 0 Å². The molecule has 11 aromatic rings. The molecular weight excluding hydrogens is 709 g/mol. The van der Waals surface area contributed by atoms with E-state index in [0.29, 0.717) is 5.82 Å². The third kappa shape index (κ3) is 5.25. The van der Waals surface area contributed by atoms with Gasteiger partial charge < -0.3 is 13.6 Å². The van der Waals surface area contributed by atoms with Crippen molar-refractivity contribution in [2.24, 2.45) is 0 Å². The van der Waals surface area contributed by atoms with Crippen LogP contribution in [0.15, 0.2) is 187 Å². The summed E-state index contributed by atoms with van der Waals surface area (Å²) in [5.74, 6) is 1.41. The lowest BCUT2D eigenvalue weighted by Crippen LogP contribution is -1.97. The largest absolute Gasteiger partial charge is 0.456 e. The molecule has 0 radical (unpaired) electrons. The molecule has 0 aliphatic heterocycles. The second-order valence-electron chi connectivity index (χ2n) is 14.6. The molecule has 0 aliphatic rings. The van der Waals surface area contributed by atoms with Gasteiger partial charge in [-0.2, -0.15) is 0 Å². The third-order valence-electron chi connectivity index (χ3n) is 11.2. The zero-order valence-corrected chi connectivity index (χ0v) is 31.8. The molecule has 0 unspecified atom stereocenters. The smallest absolute Gasteiger partial charge is 0.160 e. The van der Waals surface area contributed by atoms with Crippen LogP contribution in [0.25, 0.3) is 112 Å². The second kappa shape index (κ2) is 13.5. The summed E-state index contributed by atoms with van der Waals surface area (Å²) in [5, 5.41) is 6.00. The van der Waals surface area contributed by atoms with Crippen molar-refractivity contribution < 1.29 is 4.42 Å². The molecule has 0 amide bonds. The van der Waals surface area contributed by atoms with Crippen LogP contribution in [0.2, 0.25) is 0 Å². The van der Waals surface area contributed by atoms with Crippen molar-refractivity contribution in [3.8, 4) is 45.3 Å². The topological polar surface area (TPSA) is 48.8 Å². The Morgan fingerprint density at radius 3 is 1.67 bits per heavy atom. The van der Waals surface area contributed by atoms with Crippen LogP contribution in [-0.4, -0.2) is 19.1 Å². The van der Waals surface area contributed by atoms with Crippen molar-refractivity contribution in [2.75, 3.05) is 0 Å². The molecule has 0 atom stereocenters. The van der Waals surface area contributed by atoms with Crippen molar-refractivity contribution in [1.29, 1.82) is 0 Å². The van der Waals surface area contributed by atoms with Gasteiger partial charge in [0.2, 0.25) is 0 Å². The Hall–Kier alpha value is -7.76. The maximum Gasteiger partial charge on any atom is 0.160 e. The number of aromatic nitrogens is 4. The average Bonchev–Trinajstić information content (AvgIpc) is 3.94. The van der Waals surface area contributed by atoms with Gasteiger partial charge in [0.25, 0.3) is 0 Å². The van der Waals surface area contributed by atoms with Gasteiger partial charge in [0.05, 0.1) is 33.5 Å². The van der Waals surface area contributed by atoms with E-state index in [-0.39, 0.29) is 0 Å². The van der Waals surface area contributed by atoms with Crippen molar-refractivity contribution >= 4 is 66.7 Å². The molecular formula is C53H36N4O. The van der Waals surface area contributed by atoms with E-state index in [9.17, 15) is 0 Å². The van der Waals surface area contributed by atoms with Gasteiger partial charge in [0, 0.05) is 60.6 Å². The molecule has 0 fully saturated rings. The molecule has 4 heterocycles. The molecule has 0 aliphatic carbocycles. The normalized spacial score (nSPS) is 11.9. The molecule has 274 valence electrons. The van der Waals surface area contributed by atoms with Gasteiger partial charge in [-0.15, -0.1) is 0 Å². The lowest BCUT2D eigenvalue weighted by atomic mass is 10.0. The predicted molar refractivity (Wildman–Crippen MR) is 242 cm³/mol. The summed E-state index contributed by atoms with van der Waals surface area (Å²) in [4.78, 5) is 10.3. The Labute approximate surface area is 335 Å². The van der Waals surface area contributed by atoms with E-state index in [1.807, 2.05) is 31.2 Å². The highest BCUT2D eigenvalue weighted by molar-refractivity contribution is 6.28. The number of benzene rings is 7. The maximum absolute atomic E-state index is 6.25. The van der Waals surface area contributed by atoms with Crippen molar-refractivity contribution in [2.45, 2.75) is 6.92 Å². The number of furan rings is 1. The van der Waals surface area contributed by atoms with Crippen LogP contribution in [0, 0.1) is 0 Å². The molecule has 11 rings (SSSR count). The lowest BCUT2D eigenvalue weighted by molar-refractivity contribution is 0.603. The predicted octanol–water partition coefficient (Wildman–Crippen LogP) is 14.1. The van der Waals surface area contributed by atoms with E-state index in [0.717, 1.165) is 72.8 Å². The summed E-state index contributed by atoms with van der Waals surface area (Å²) in [5.41, 5.74) is 13.3. The SMILES string of the molecule is C=Cc1oc2cc(-c3cc(-c4ccccc4)nc(-c4ccc(-n5c6ccccc6c6c7c8ccccc8n(-c8ccccc8)c7ccc65)cc4)n3)ccc2c1/C=C\C. The fraction of sp³-hybridized carbons (Fsp3) is 0.0189. The number of para-hydroxylation sites is 3. The molecule has 0 bridgehead atoms. The molecule has 0 saturated carbocycles. The van der Waals surface area contributed by atoms with Gasteiger partial charge in [-0.3, -0.25) is 0 Å². The number of hydrogen-bond acceptors (Lipinski definition) is 3. The Balaban J connectivity index is 1.07. The first-order chi connectivity index (χ1) is 28.7. The van der Waals surface area contributed by atoms with Crippen LogP contribution >= 0.6 is 0 Å². The maximum atomic E-state index is 6.25. The minimum absolute atomic E-state index is 0.654. The Kier molecular flexibility index (Phi) is 7.79. The molecule has 4 aromatic heterocycles. The van der Waals surface area contributed by atoms with Crippen LogP contribution in [-0.2, 0) is 0 Å². The van der Waals surface area contributed by atoms with Gasteiger partial charge in [-0.1, -0.05) is 110 Å². The molecule has 5 nitrogen and oxygen atoms in total. The first-order valence-electron chi connectivity index (χ1n) is 19.6. The number of rotatable bonds is 7. The molecule has 0 spiro atoms. The molecule has 58 heavy (non-hydrogen) atoms. The number of nitrogens with zero attached hydrogens (tertiary/aromatic N) is 4. The Morgan fingerprint density at radius 2 is 1.05 bits per heavy atom. The second-order valence-corrected chi connectivity index (χ2v) is 14.6. The van der Waals surface area contributed by atoms with E-state index in [1.54, 1.807) is 6.08 Å². The van der Waals surface area contributed by atoms with Gasteiger partial charge >= 0.3 is 0 Å². The van der Waals surface area contributed by atoms with Gasteiger partial charge in [0.15, 0.2) is 5.82 Å². The Morgan fingerprint density at radius 1 is 0.500 bits per heavy atom. The van der Waals surface area contributed by atoms with Crippen LogP contribution in [0.5, 0.6) is 0 Å². The number of allylic oxidation sites excluding steroid dienone is 1. The quantitative estimate of drug-likeness (QED) is 0.163. The van der Waals surface area contributed by atoms with Crippen LogP contribution in [0.3, 0.4) is 0 Å². The van der Waals surface area contributed by atoms with Crippen molar-refractivity contribution in [3.05, 3.63) is 194 Å². The van der Waals surface area contributed by atoms with Crippen molar-refractivity contribution in [3.63, 3.8) is 0 Å². The van der Waals surface area contributed by atoms with E-state index in [2.05, 4.69) is 173 Å². The first-order valence-corrected chi connectivity index (χ1v) is 19.6. The van der Waals surface area contributed by atoms with E-state index in [4.69, 9.17) is 14.4 Å². The zero-order chi connectivity index (χ0) is 38.7. The molecule has 7 aromatic carbocycles. The zero-order valence-electron chi connectivity index (χ0n) is 31.8. The molecule has 0 saturated heterocycles. The van der Waals surface area contributed by atoms with Gasteiger partial charge in [-0.05, 0) is 91.9 Å². The summed E-state index contributed by atoms with van der Waals surface area (Å²) in [6.07, 6.45) is 5.84. The fourth-order valence-electron chi connectivity index (χ4n) is 8.68. The van der Waals surface area contributed by atoms with Crippen LogP contribution in [0.1, 0.15) is 18.2 Å². The standard InChI is InChI=1S/C53H36N4O/c1-3-15-39-40-29-26-36(32-50(40)58-49(39)4-2)44-33-43(34-16-7-5-8-17-34)54-53(55-44)35-24-27-38(28-25-35)57-46-23-14-12-21-42(46)52-48(57)31-30-47-51(52)41-20-11-13-22-45(41)56(47)37-18-9-6-10-19-37/h3-33H,2H2,1H3/b15-3-. The highest BCUT2D eigenvalue weighted by atomic mass is 16.3. The van der Waals surface area contributed by atoms with Gasteiger partial charge in [-0.25, -0.2) is 9.97 Å². The van der Waals surface area contributed by atoms with Crippen LogP contribution < -0.4 is 0 Å². The van der Waals surface area contributed by atoms with Crippen molar-refractivity contribution in [1.82, 2.24) is 19.1 Å². The fourth-order valence-corrected chi connectivity index (χ4v) is 8.68. The molecule has 0 N–H and O–H groups in total. The van der Waals surface area contributed by atoms with Gasteiger partial charge in [0.1, 0.15) is 11.3 Å². The van der Waals surface area contributed by atoms with Crippen LogP contribution in [0.4, 0.5) is 0 Å². The summed E-state index contributed by atoms with van der Waals surface area (Å²) in [7, 11) is 0. The molecule has 5 heteroatoms. The lowest BCUT2D eigenvalue weighted by Gasteiger charge is -2.11. The summed E-state index contributed by atoms with van der Waals surface area (Å²) in [6, 6.07) is 59.9. The summed E-state index contributed by atoms with van der Waals surface area (Å²) in [6.45, 7) is 5.98. The monoisotopic (exact) mass is 744 g/mol. The number of hydrogen-bond donors (Lipinski definition) is 0. The summed E-state index contributed by atoms with van der Waals surface area (Å²) >= 11 is 0. The average molecular weight is 745 g/mol. The summed E-state index contributed by atoms with van der Waals surface area (Å²) < 4.78 is 11.0. The highest BCUT2D eigenvalue weighted by Crippen LogP contribution is 2.42. The first kappa shape index (κ1) is 33.6. The minimum Gasteiger partial charge on any atom is -0.456 e. The van der Waals surface area contributed by atoms with E-state index in [1.165, 1.54) is 32.6 Å². The Bertz CT molecular complexity index is 3400. The number of fused-ring (bicyclic) bond motifs is 8. The third-order valence-corrected chi connectivity index (χ3v) is 11.2. The van der Waals surface area contributed by atoms with E-state index < -0.39 is 0 Å².